The fraction of sp³-hybridized carbons (Fsp3) is 0. The first-order valence-electron chi connectivity index (χ1n) is 0. The minimum absolute atomic E-state index is 0. The Kier molecular flexibility index (Phi) is 451000. The molecule has 37 nitrogen and oxygen atoms in total. The first-order chi connectivity index (χ1) is 0. The molecular weight excluding hydrogens is 2430 g/mol. The monoisotopic (exact) mass is 2510 g/mol. The molecule has 0 rings (SSSR count). The van der Waals surface area contributed by atoms with Crippen LogP contribution in [0.2, 0.25) is 0 Å². The van der Waals surface area contributed by atoms with Crippen LogP contribution in [0.15, 0.2) is 0 Å². The van der Waals surface area contributed by atoms with Gasteiger partial charge in [-0.15, -0.1) is 0 Å². The van der Waals surface area contributed by atoms with Gasteiger partial charge in [0.25, 0.3) is 0 Å². The molecule has 0 radical (unpaired) electrons. The number of hydrogen-bond donors (Lipinski definition) is 0. The molecule has 47 heavy (non-hydrogen) atoms. The van der Waals surface area contributed by atoms with Crippen LogP contribution in [0.3, 0.4) is 0 Å². The van der Waals surface area contributed by atoms with Gasteiger partial charge in [-0.3, -0.25) is 0 Å². The Balaban J connectivity index is 0. The molecule has 0 aromatic carbocycles. The van der Waals surface area contributed by atoms with Crippen molar-refractivity contribution >= 4 is 0 Å². The van der Waals surface area contributed by atoms with Crippen LogP contribution in [-0.2, 0) is 233 Å². The molecule has 0 saturated carbocycles. The van der Waals surface area contributed by atoms with Gasteiger partial charge in [-0.25, -0.2) is 0 Å². The van der Waals surface area contributed by atoms with Gasteiger partial charge in [-0.2, -0.15) is 0 Å². The van der Waals surface area contributed by atoms with Gasteiger partial charge in [0, 0.05) is 211 Å². The third-order valence-corrected chi connectivity index (χ3v) is 0. The molecular formula is H78O37W10+4. The van der Waals surface area contributed by atoms with Gasteiger partial charge in [0.05, 0.1) is 0 Å². The zero-order valence-electron chi connectivity index (χ0n) is 22.9. The third-order valence-electron chi connectivity index (χ3n) is 0. The molecule has 356 valence electrons. The zero-order valence-corrected chi connectivity index (χ0v) is 52.2. The number of rotatable bonds is 0. The molecule has 0 bridgehead atoms. The van der Waals surface area contributed by atoms with Crippen LogP contribution in [0.25, 0.3) is 0 Å². The van der Waals surface area contributed by atoms with E-state index in [1.54, 1.807) is 0 Å². The summed E-state index contributed by atoms with van der Waals surface area (Å²) in [5.41, 5.74) is 0. The summed E-state index contributed by atoms with van der Waals surface area (Å²) in [6, 6.07) is 0. The van der Waals surface area contributed by atoms with Crippen molar-refractivity contribution in [2.75, 3.05) is 0 Å². The molecule has 0 amide bonds. The molecule has 0 unspecified atom stereocenters. The van der Waals surface area contributed by atoms with Crippen LogP contribution in [0, 0.1) is 0 Å². The molecule has 0 aliphatic carbocycles. The van der Waals surface area contributed by atoms with E-state index in [1.807, 2.05) is 0 Å². The Hall–Kier alpha value is 5.40. The Bertz CT molecular complexity index is 35.1. The molecule has 0 aliphatic heterocycles. The predicted molar refractivity (Wildman–Crippen MR) is 139 cm³/mol. The topological polar surface area (TPSA) is 1170 Å². The van der Waals surface area contributed by atoms with E-state index in [-0.39, 0.29) is 413 Å². The van der Waals surface area contributed by atoms with E-state index in [0.29, 0.717) is 0 Å². The van der Waals surface area contributed by atoms with Crippen molar-refractivity contribution in [1.82, 2.24) is 0 Å². The third kappa shape index (κ3) is 4300. The summed E-state index contributed by atoms with van der Waals surface area (Å²) in [4.78, 5) is 0. The van der Waals surface area contributed by atoms with E-state index in [4.69, 9.17) is 0 Å². The average Bonchev–Trinajstić information content (AvgIpc) is 0. The summed E-state index contributed by atoms with van der Waals surface area (Å²) in [6.45, 7) is 0. The van der Waals surface area contributed by atoms with Crippen molar-refractivity contribution < 1.29 is 413 Å². The van der Waals surface area contributed by atoms with Crippen molar-refractivity contribution in [2.24, 2.45) is 0 Å². The largest absolute Gasteiger partial charge is 0.457 e. The van der Waals surface area contributed by atoms with Crippen molar-refractivity contribution in [1.29, 1.82) is 0 Å². The Morgan fingerprint density at radius 3 is 0.0638 bits per heavy atom. The van der Waals surface area contributed by atoms with Gasteiger partial charge in [0.15, 0.2) is 0 Å². The van der Waals surface area contributed by atoms with E-state index >= 15 is 0 Å². The van der Waals surface area contributed by atoms with Crippen LogP contribution in [-0.4, -0.2) is 181 Å². The summed E-state index contributed by atoms with van der Waals surface area (Å²) < 4.78 is 0. The van der Waals surface area contributed by atoms with Crippen molar-refractivity contribution in [2.45, 2.75) is 0 Å². The molecule has 0 spiro atoms. The minimum atomic E-state index is 0. The molecule has 78 N–H and O–H groups in total. The maximum atomic E-state index is 0. The van der Waals surface area contributed by atoms with Gasteiger partial charge in [-0.05, 0) is 0 Å². The van der Waals surface area contributed by atoms with Crippen LogP contribution in [0.5, 0.6) is 0 Å². The zero-order chi connectivity index (χ0) is 0. The summed E-state index contributed by atoms with van der Waals surface area (Å²) in [7, 11) is 0. The first-order valence-corrected chi connectivity index (χ1v) is 0. The van der Waals surface area contributed by atoms with E-state index in [0.717, 1.165) is 0 Å². The smallest absolute Gasteiger partial charge is 0 e. The van der Waals surface area contributed by atoms with Gasteiger partial charge in [0.2, 0.25) is 0 Å². The summed E-state index contributed by atoms with van der Waals surface area (Å²) in [5.74, 6) is 0. The van der Waals surface area contributed by atoms with Gasteiger partial charge in [-0.1, -0.05) is 0 Å². The first kappa shape index (κ1) is 4740. The molecule has 0 atom stereocenters. The molecule has 0 aromatic heterocycles. The fourth-order valence-electron chi connectivity index (χ4n) is 0. The standard InChI is InChI=1S/37H2O.10W/h37*1H2;;;;;;;;;;/p+4. The second-order valence-corrected chi connectivity index (χ2v) is 0. The maximum absolute atomic E-state index is 0. The molecule has 0 saturated heterocycles. The van der Waals surface area contributed by atoms with Crippen molar-refractivity contribution in [3.05, 3.63) is 0 Å². The maximum Gasteiger partial charge on any atom is 0 e. The van der Waals surface area contributed by atoms with Gasteiger partial charge >= 0.3 is 0 Å². The molecule has 0 aromatic rings. The summed E-state index contributed by atoms with van der Waals surface area (Å²) >= 11 is 0. The average molecular weight is 2510 g/mol. The van der Waals surface area contributed by atoms with E-state index < -0.39 is 0 Å². The Morgan fingerprint density at radius 1 is 0.0638 bits per heavy atom. The summed E-state index contributed by atoms with van der Waals surface area (Å²) in [6.07, 6.45) is 0. The second kappa shape index (κ2) is 4470. The van der Waals surface area contributed by atoms with Crippen LogP contribution >= 0.6 is 0 Å². The van der Waals surface area contributed by atoms with E-state index in [1.165, 1.54) is 0 Å². The SMILES string of the molecule is O.O.O.O.O.O.O.O.O.O.O.O.O.O.O.O.O.O.O.O.O.O.O.O.O.O.O.O.O.O.O.O.O.[OH3+].[OH3+].[OH3+].[OH3+].[W].[W].[W].[W].[W].[W].[W].[W].[W].[W]. The number of hydrogen-bond acceptors (Lipinski definition) is 0. The summed E-state index contributed by atoms with van der Waals surface area (Å²) in [5, 5.41) is 0. The fourth-order valence-corrected chi connectivity index (χ4v) is 0. The van der Waals surface area contributed by atoms with E-state index in [2.05, 4.69) is 0 Å². The van der Waals surface area contributed by atoms with Crippen LogP contribution in [0.1, 0.15) is 0 Å². The van der Waals surface area contributed by atoms with Crippen LogP contribution < -0.4 is 0 Å². The van der Waals surface area contributed by atoms with Crippen LogP contribution in [0.4, 0.5) is 0 Å². The molecule has 47 heteroatoms. The Labute approximate surface area is 408 Å². The van der Waals surface area contributed by atoms with Gasteiger partial charge in [0.1, 0.15) is 0 Å². The second-order valence-electron chi connectivity index (χ2n) is 0. The van der Waals surface area contributed by atoms with Crippen molar-refractivity contribution in [3.8, 4) is 0 Å². The molecule has 0 fully saturated rings. The minimum Gasteiger partial charge on any atom is -0.457 e. The van der Waals surface area contributed by atoms with Crippen molar-refractivity contribution in [3.63, 3.8) is 0 Å². The quantitative estimate of drug-likeness (QED) is 0.204. The Morgan fingerprint density at radius 2 is 0.0638 bits per heavy atom. The molecule has 0 aliphatic rings. The predicted octanol–water partition coefficient (Wildman–Crippen LogP) is -30.9. The molecule has 0 heterocycles. The van der Waals surface area contributed by atoms with E-state index in [9.17, 15) is 0 Å². The van der Waals surface area contributed by atoms with Gasteiger partial charge < -0.3 is 203 Å². The normalized spacial score (nSPS) is 0.